The van der Waals surface area contributed by atoms with Crippen molar-refractivity contribution in [3.05, 3.63) is 34.4 Å². The third-order valence-corrected chi connectivity index (χ3v) is 3.39. The zero-order chi connectivity index (χ0) is 14.8. The summed E-state index contributed by atoms with van der Waals surface area (Å²) in [6.45, 7) is 6.86. The van der Waals surface area contributed by atoms with Crippen LogP contribution in [0.4, 0.5) is 0 Å². The minimum atomic E-state index is -0.0563. The lowest BCUT2D eigenvalue weighted by Crippen LogP contribution is -2.45. The minimum Gasteiger partial charge on any atom is -0.370 e. The van der Waals surface area contributed by atoms with Crippen LogP contribution < -0.4 is 11.1 Å². The van der Waals surface area contributed by atoms with E-state index in [1.54, 1.807) is 0 Å². The molecule has 0 saturated carbocycles. The van der Waals surface area contributed by atoms with Crippen molar-refractivity contribution in [2.45, 2.75) is 32.7 Å². The zero-order valence-electron chi connectivity index (χ0n) is 12.5. The van der Waals surface area contributed by atoms with E-state index in [4.69, 9.17) is 5.73 Å². The van der Waals surface area contributed by atoms with Gasteiger partial charge in [0.2, 0.25) is 0 Å². The second-order valence-corrected chi connectivity index (χ2v) is 6.81. The smallest absolute Gasteiger partial charge is 0.188 e. The highest BCUT2D eigenvalue weighted by atomic mass is 127. The fourth-order valence-electron chi connectivity index (χ4n) is 2.08. The number of nitrogens with zero attached hydrogens (tertiary/aromatic N) is 1. The van der Waals surface area contributed by atoms with Gasteiger partial charge in [-0.2, -0.15) is 0 Å². The second-order valence-electron chi connectivity index (χ2n) is 5.90. The Labute approximate surface area is 151 Å². The van der Waals surface area contributed by atoms with E-state index >= 15 is 0 Å². The molecular formula is C15H22BrIN4. The summed E-state index contributed by atoms with van der Waals surface area (Å²) in [7, 11) is 0. The van der Waals surface area contributed by atoms with Gasteiger partial charge in [-0.3, -0.25) is 4.99 Å². The number of guanidine groups is 1. The topological polar surface area (TPSA) is 66.2 Å². The molecule has 4 N–H and O–H groups in total. The molecule has 0 aliphatic carbocycles. The van der Waals surface area contributed by atoms with Crippen LogP contribution in [0.3, 0.4) is 0 Å². The van der Waals surface area contributed by atoms with Gasteiger partial charge in [0.25, 0.3) is 0 Å². The average Bonchev–Trinajstić information content (AvgIpc) is 2.69. The molecule has 0 bridgehead atoms. The first-order valence-corrected chi connectivity index (χ1v) is 7.48. The number of nitrogens with two attached hydrogens (primary N) is 1. The molecule has 1 aromatic heterocycles. The molecule has 4 nitrogen and oxygen atoms in total. The molecule has 1 heterocycles. The number of nitrogens with one attached hydrogen (secondary N) is 2. The summed E-state index contributed by atoms with van der Waals surface area (Å²) in [6, 6.07) is 6.23. The van der Waals surface area contributed by atoms with E-state index in [1.807, 2.05) is 12.3 Å². The van der Waals surface area contributed by atoms with Crippen molar-refractivity contribution in [3.8, 4) is 0 Å². The lowest BCUT2D eigenvalue weighted by molar-refractivity contribution is 0.508. The summed E-state index contributed by atoms with van der Waals surface area (Å²) in [5, 5.41) is 4.39. The van der Waals surface area contributed by atoms with Crippen LogP contribution >= 0.6 is 39.9 Å². The Morgan fingerprint density at radius 2 is 2.10 bits per heavy atom. The Morgan fingerprint density at radius 3 is 2.76 bits per heavy atom. The van der Waals surface area contributed by atoms with Gasteiger partial charge in [-0.05, 0) is 51.0 Å². The second kappa shape index (κ2) is 7.49. The largest absolute Gasteiger partial charge is 0.370 e. The number of fused-ring (bicyclic) bond motifs is 1. The van der Waals surface area contributed by atoms with E-state index in [1.165, 1.54) is 10.9 Å². The van der Waals surface area contributed by atoms with Gasteiger partial charge >= 0.3 is 0 Å². The van der Waals surface area contributed by atoms with E-state index < -0.39 is 0 Å². The highest BCUT2D eigenvalue weighted by Crippen LogP contribution is 2.22. The maximum atomic E-state index is 5.86. The van der Waals surface area contributed by atoms with Crippen LogP contribution in [0.2, 0.25) is 0 Å². The zero-order valence-corrected chi connectivity index (χ0v) is 16.5. The van der Waals surface area contributed by atoms with Crippen LogP contribution in [-0.4, -0.2) is 23.0 Å². The maximum absolute atomic E-state index is 5.86. The molecule has 0 radical (unpaired) electrons. The normalized spacial score (nSPS) is 12.3. The van der Waals surface area contributed by atoms with Crippen molar-refractivity contribution in [1.82, 2.24) is 10.3 Å². The molecule has 0 aliphatic heterocycles. The van der Waals surface area contributed by atoms with Crippen molar-refractivity contribution in [2.75, 3.05) is 6.54 Å². The number of H-pyrrole nitrogens is 1. The third-order valence-electron chi connectivity index (χ3n) is 2.90. The van der Waals surface area contributed by atoms with Gasteiger partial charge in [0, 0.05) is 33.7 Å². The molecule has 0 aliphatic rings. The Balaban J connectivity index is 0.00000220. The Morgan fingerprint density at radius 1 is 1.38 bits per heavy atom. The molecule has 0 saturated heterocycles. The average molecular weight is 465 g/mol. The van der Waals surface area contributed by atoms with Gasteiger partial charge in [-0.15, -0.1) is 24.0 Å². The quantitative estimate of drug-likeness (QED) is 0.367. The van der Waals surface area contributed by atoms with Crippen molar-refractivity contribution in [1.29, 1.82) is 0 Å². The highest BCUT2D eigenvalue weighted by Gasteiger charge is 2.09. The summed E-state index contributed by atoms with van der Waals surface area (Å²) in [5.41, 5.74) is 8.21. The summed E-state index contributed by atoms with van der Waals surface area (Å²) < 4.78 is 1.09. The van der Waals surface area contributed by atoms with Crippen LogP contribution in [0.25, 0.3) is 10.9 Å². The van der Waals surface area contributed by atoms with Gasteiger partial charge in [-0.1, -0.05) is 15.9 Å². The van der Waals surface area contributed by atoms with Crippen LogP contribution in [0.1, 0.15) is 26.3 Å². The molecule has 2 rings (SSSR count). The number of hydrogen-bond acceptors (Lipinski definition) is 1. The third kappa shape index (κ3) is 5.50. The predicted molar refractivity (Wildman–Crippen MR) is 104 cm³/mol. The summed E-state index contributed by atoms with van der Waals surface area (Å²) >= 11 is 3.50. The molecular weight excluding hydrogens is 443 g/mol. The standard InChI is InChI=1S/C15H21BrN4.HI/c1-15(2,3)20-14(17)18-7-6-10-9-19-13-5-4-11(16)8-12(10)13;/h4-5,8-9,19H,6-7H2,1-3H3,(H3,17,18,20);1H. The fraction of sp³-hybridized carbons (Fsp3) is 0.400. The minimum absolute atomic E-state index is 0. The Hall–Kier alpha value is -0.760. The van der Waals surface area contributed by atoms with Crippen molar-refractivity contribution in [2.24, 2.45) is 10.7 Å². The molecule has 0 fully saturated rings. The number of halogens is 2. The number of aromatic amines is 1. The fourth-order valence-corrected chi connectivity index (χ4v) is 2.44. The van der Waals surface area contributed by atoms with Crippen LogP contribution in [0, 0.1) is 0 Å². The van der Waals surface area contributed by atoms with Crippen LogP contribution in [0.5, 0.6) is 0 Å². The number of benzene rings is 1. The van der Waals surface area contributed by atoms with E-state index in [0.29, 0.717) is 12.5 Å². The van der Waals surface area contributed by atoms with E-state index in [2.05, 4.69) is 64.1 Å². The van der Waals surface area contributed by atoms with E-state index in [-0.39, 0.29) is 29.5 Å². The van der Waals surface area contributed by atoms with Gasteiger partial charge in [0.1, 0.15) is 0 Å². The Bertz CT molecular complexity index is 628. The molecule has 0 unspecified atom stereocenters. The van der Waals surface area contributed by atoms with E-state index in [9.17, 15) is 0 Å². The van der Waals surface area contributed by atoms with Crippen molar-refractivity contribution in [3.63, 3.8) is 0 Å². The first-order chi connectivity index (χ1) is 9.35. The van der Waals surface area contributed by atoms with E-state index in [0.717, 1.165) is 16.4 Å². The summed E-state index contributed by atoms with van der Waals surface area (Å²) in [4.78, 5) is 7.65. The summed E-state index contributed by atoms with van der Waals surface area (Å²) in [6.07, 6.45) is 2.91. The molecule has 0 spiro atoms. The Kier molecular flexibility index (Phi) is 6.52. The number of aromatic nitrogens is 1. The van der Waals surface area contributed by atoms with Crippen LogP contribution in [0.15, 0.2) is 33.9 Å². The molecule has 6 heteroatoms. The molecule has 0 amide bonds. The molecule has 2 aromatic rings. The lowest BCUT2D eigenvalue weighted by atomic mass is 10.1. The van der Waals surface area contributed by atoms with Crippen LogP contribution in [-0.2, 0) is 6.42 Å². The van der Waals surface area contributed by atoms with Crippen molar-refractivity contribution < 1.29 is 0 Å². The predicted octanol–water partition coefficient (Wildman–Crippen LogP) is 3.79. The SMILES string of the molecule is CC(C)(C)NC(N)=NCCc1c[nH]c2ccc(Br)cc12.I. The highest BCUT2D eigenvalue weighted by molar-refractivity contribution is 14.0. The number of aliphatic imine (C=N–C) groups is 1. The monoisotopic (exact) mass is 464 g/mol. The first-order valence-electron chi connectivity index (χ1n) is 6.69. The molecule has 1 aromatic carbocycles. The first kappa shape index (κ1) is 18.3. The molecule has 21 heavy (non-hydrogen) atoms. The number of rotatable bonds is 3. The molecule has 116 valence electrons. The van der Waals surface area contributed by atoms with Crippen molar-refractivity contribution >= 4 is 56.8 Å². The van der Waals surface area contributed by atoms with Gasteiger partial charge < -0.3 is 16.0 Å². The molecule has 0 atom stereocenters. The lowest BCUT2D eigenvalue weighted by Gasteiger charge is -2.20. The van der Waals surface area contributed by atoms with Gasteiger partial charge in [0.05, 0.1) is 0 Å². The maximum Gasteiger partial charge on any atom is 0.188 e. The number of hydrogen-bond donors (Lipinski definition) is 3. The van der Waals surface area contributed by atoms with Gasteiger partial charge in [0.15, 0.2) is 5.96 Å². The summed E-state index contributed by atoms with van der Waals surface area (Å²) in [5.74, 6) is 0.499. The van der Waals surface area contributed by atoms with Gasteiger partial charge in [-0.25, -0.2) is 0 Å².